The number of hydrogen-bond acceptors (Lipinski definition) is 2. The summed E-state index contributed by atoms with van der Waals surface area (Å²) in [5, 5.41) is 0. The van der Waals surface area contributed by atoms with E-state index >= 15 is 0 Å². The molecule has 0 bridgehead atoms. The summed E-state index contributed by atoms with van der Waals surface area (Å²) in [6.07, 6.45) is 1.29. The molecule has 0 saturated carbocycles. The maximum atomic E-state index is 13.2. The van der Waals surface area contributed by atoms with E-state index in [1.54, 1.807) is 6.92 Å². The molecule has 1 aromatic rings. The van der Waals surface area contributed by atoms with Crippen LogP contribution in [0.25, 0.3) is 0 Å². The number of likely N-dealkylation sites (tertiary alicyclic amines) is 1. The van der Waals surface area contributed by atoms with Crippen LogP contribution in [0.4, 0.5) is 4.39 Å². The standard InChI is InChI=1S/C14H18FNO/c1-10-9-12(3-4-14(10)15)11(2)16-7-5-13(17)6-8-16/h3-4,9,11H,5-8H2,1-2H3. The van der Waals surface area contributed by atoms with Crippen LogP contribution < -0.4 is 0 Å². The normalized spacial score (nSPS) is 19.4. The van der Waals surface area contributed by atoms with E-state index in [1.807, 2.05) is 12.1 Å². The third-order valence-corrected chi connectivity index (χ3v) is 3.57. The molecule has 0 radical (unpaired) electrons. The van der Waals surface area contributed by atoms with Gasteiger partial charge >= 0.3 is 0 Å². The van der Waals surface area contributed by atoms with Crippen molar-refractivity contribution in [3.05, 3.63) is 35.1 Å². The highest BCUT2D eigenvalue weighted by Crippen LogP contribution is 2.24. The molecule has 1 fully saturated rings. The lowest BCUT2D eigenvalue weighted by Gasteiger charge is -2.32. The second-order valence-electron chi connectivity index (χ2n) is 4.76. The van der Waals surface area contributed by atoms with Crippen molar-refractivity contribution in [3.63, 3.8) is 0 Å². The number of carbonyl (C=O) groups excluding carboxylic acids is 1. The number of benzene rings is 1. The van der Waals surface area contributed by atoms with Gasteiger partial charge in [-0.15, -0.1) is 0 Å². The van der Waals surface area contributed by atoms with Gasteiger partial charge in [0.05, 0.1) is 0 Å². The minimum absolute atomic E-state index is 0.158. The number of rotatable bonds is 2. The SMILES string of the molecule is Cc1cc(C(C)N2CCC(=O)CC2)ccc1F. The van der Waals surface area contributed by atoms with Gasteiger partial charge in [-0.05, 0) is 31.0 Å². The van der Waals surface area contributed by atoms with E-state index in [1.165, 1.54) is 6.07 Å². The number of nitrogens with zero attached hydrogens (tertiary/aromatic N) is 1. The third kappa shape index (κ3) is 2.72. The predicted molar refractivity (Wildman–Crippen MR) is 65.4 cm³/mol. The summed E-state index contributed by atoms with van der Waals surface area (Å²) in [6.45, 7) is 5.53. The number of carbonyl (C=O) groups is 1. The average molecular weight is 235 g/mol. The van der Waals surface area contributed by atoms with Gasteiger partial charge in [0.2, 0.25) is 0 Å². The molecule has 0 aromatic heterocycles. The van der Waals surface area contributed by atoms with Crippen molar-refractivity contribution in [1.29, 1.82) is 0 Å². The first-order chi connectivity index (χ1) is 8.08. The topological polar surface area (TPSA) is 20.3 Å². The zero-order chi connectivity index (χ0) is 12.4. The molecule has 0 amide bonds. The molecule has 1 aromatic carbocycles. The Kier molecular flexibility index (Phi) is 3.57. The van der Waals surface area contributed by atoms with Crippen LogP contribution in [0.15, 0.2) is 18.2 Å². The molecule has 1 saturated heterocycles. The van der Waals surface area contributed by atoms with Crippen LogP contribution in [0.2, 0.25) is 0 Å². The zero-order valence-corrected chi connectivity index (χ0v) is 10.4. The lowest BCUT2D eigenvalue weighted by molar-refractivity contribution is -0.121. The van der Waals surface area contributed by atoms with Gasteiger partial charge in [0, 0.05) is 32.0 Å². The van der Waals surface area contributed by atoms with Gasteiger partial charge in [0.1, 0.15) is 11.6 Å². The van der Waals surface area contributed by atoms with Gasteiger partial charge in [-0.1, -0.05) is 12.1 Å². The van der Waals surface area contributed by atoms with E-state index < -0.39 is 0 Å². The van der Waals surface area contributed by atoms with Gasteiger partial charge in [-0.2, -0.15) is 0 Å². The van der Waals surface area contributed by atoms with Crippen molar-refractivity contribution in [2.45, 2.75) is 32.7 Å². The van der Waals surface area contributed by atoms with Crippen LogP contribution in [-0.2, 0) is 4.79 Å². The van der Waals surface area contributed by atoms with Crippen molar-refractivity contribution in [2.24, 2.45) is 0 Å². The fourth-order valence-corrected chi connectivity index (χ4v) is 2.30. The molecule has 17 heavy (non-hydrogen) atoms. The van der Waals surface area contributed by atoms with Crippen LogP contribution in [0.1, 0.15) is 36.9 Å². The highest BCUT2D eigenvalue weighted by Gasteiger charge is 2.21. The highest BCUT2D eigenvalue weighted by atomic mass is 19.1. The largest absolute Gasteiger partial charge is 0.300 e. The number of piperidine rings is 1. The molecule has 1 aliphatic heterocycles. The van der Waals surface area contributed by atoms with E-state index in [0.717, 1.165) is 18.7 Å². The maximum absolute atomic E-state index is 13.2. The first-order valence-electron chi connectivity index (χ1n) is 6.09. The fraction of sp³-hybridized carbons (Fsp3) is 0.500. The Hall–Kier alpha value is -1.22. The van der Waals surface area contributed by atoms with E-state index in [4.69, 9.17) is 0 Å². The maximum Gasteiger partial charge on any atom is 0.135 e. The molecule has 1 aliphatic rings. The van der Waals surface area contributed by atoms with Crippen molar-refractivity contribution >= 4 is 5.78 Å². The van der Waals surface area contributed by atoms with E-state index in [9.17, 15) is 9.18 Å². The van der Waals surface area contributed by atoms with Crippen molar-refractivity contribution in [3.8, 4) is 0 Å². The second kappa shape index (κ2) is 4.96. The summed E-state index contributed by atoms with van der Waals surface area (Å²) in [5.74, 6) is 0.193. The fourth-order valence-electron chi connectivity index (χ4n) is 2.30. The molecule has 3 heteroatoms. The van der Waals surface area contributed by atoms with Crippen LogP contribution in [0.3, 0.4) is 0 Å². The number of Topliss-reactive ketones (excluding diaryl/α,β-unsaturated/α-hetero) is 1. The molecule has 1 heterocycles. The number of halogens is 1. The quantitative estimate of drug-likeness (QED) is 0.785. The van der Waals surface area contributed by atoms with Crippen LogP contribution >= 0.6 is 0 Å². The monoisotopic (exact) mass is 235 g/mol. The first kappa shape index (κ1) is 12.2. The number of aryl methyl sites for hydroxylation is 1. The van der Waals surface area contributed by atoms with Gasteiger partial charge < -0.3 is 0 Å². The Morgan fingerprint density at radius 1 is 1.29 bits per heavy atom. The minimum atomic E-state index is -0.158. The molecule has 2 rings (SSSR count). The second-order valence-corrected chi connectivity index (χ2v) is 4.76. The molecule has 0 N–H and O–H groups in total. The lowest BCUT2D eigenvalue weighted by atomic mass is 10.0. The zero-order valence-electron chi connectivity index (χ0n) is 10.4. The van der Waals surface area contributed by atoms with Crippen LogP contribution in [-0.4, -0.2) is 23.8 Å². The summed E-state index contributed by atoms with van der Waals surface area (Å²) in [4.78, 5) is 13.5. The van der Waals surface area contributed by atoms with Gasteiger partial charge in [-0.3, -0.25) is 9.69 Å². The highest BCUT2D eigenvalue weighted by molar-refractivity contribution is 5.79. The summed E-state index contributed by atoms with van der Waals surface area (Å²) in [6, 6.07) is 5.51. The van der Waals surface area contributed by atoms with Crippen LogP contribution in [0.5, 0.6) is 0 Å². The lowest BCUT2D eigenvalue weighted by Crippen LogP contribution is -2.35. The van der Waals surface area contributed by atoms with Crippen molar-refractivity contribution in [2.75, 3.05) is 13.1 Å². The smallest absolute Gasteiger partial charge is 0.135 e. The summed E-state index contributed by atoms with van der Waals surface area (Å²) >= 11 is 0. The Morgan fingerprint density at radius 3 is 2.53 bits per heavy atom. The molecular weight excluding hydrogens is 217 g/mol. The van der Waals surface area contributed by atoms with Gasteiger partial charge in [0.25, 0.3) is 0 Å². The third-order valence-electron chi connectivity index (χ3n) is 3.57. The molecule has 92 valence electrons. The van der Waals surface area contributed by atoms with Gasteiger partial charge in [0.15, 0.2) is 0 Å². The van der Waals surface area contributed by atoms with E-state index in [-0.39, 0.29) is 11.9 Å². The molecular formula is C14H18FNO. The Balaban J connectivity index is 2.11. The number of hydrogen-bond donors (Lipinski definition) is 0. The predicted octanol–water partition coefficient (Wildman–Crippen LogP) is 2.86. The minimum Gasteiger partial charge on any atom is -0.300 e. The summed E-state index contributed by atoms with van der Waals surface area (Å²) in [5.41, 5.74) is 1.81. The molecule has 0 spiro atoms. The summed E-state index contributed by atoms with van der Waals surface area (Å²) < 4.78 is 13.2. The Bertz CT molecular complexity index is 420. The Morgan fingerprint density at radius 2 is 1.94 bits per heavy atom. The molecule has 1 atom stereocenters. The Labute approximate surface area is 101 Å². The van der Waals surface area contributed by atoms with Crippen LogP contribution in [0, 0.1) is 12.7 Å². The summed E-state index contributed by atoms with van der Waals surface area (Å²) in [7, 11) is 0. The van der Waals surface area contributed by atoms with Crippen molar-refractivity contribution < 1.29 is 9.18 Å². The molecule has 1 unspecified atom stereocenters. The molecule has 2 nitrogen and oxygen atoms in total. The molecule has 0 aliphatic carbocycles. The first-order valence-corrected chi connectivity index (χ1v) is 6.09. The van der Waals surface area contributed by atoms with Gasteiger partial charge in [-0.25, -0.2) is 4.39 Å². The van der Waals surface area contributed by atoms with Crippen molar-refractivity contribution in [1.82, 2.24) is 4.90 Å². The van der Waals surface area contributed by atoms with E-state index in [0.29, 0.717) is 24.2 Å². The van der Waals surface area contributed by atoms with E-state index in [2.05, 4.69) is 11.8 Å². The number of ketones is 1. The average Bonchev–Trinajstić information content (AvgIpc) is 2.33.